The number of aryl methyl sites for hydroxylation is 1. The number of amides is 1. The van der Waals surface area contributed by atoms with Gasteiger partial charge >= 0.3 is 5.97 Å². The number of hydrogen-bond acceptors (Lipinski definition) is 3. The molecule has 1 N–H and O–H groups in total. The molecule has 2 rings (SSSR count). The Hall–Kier alpha value is -1.88. The van der Waals surface area contributed by atoms with E-state index >= 15 is 0 Å². The number of carboxylic acid groups (broad SMARTS) is 1. The van der Waals surface area contributed by atoms with Gasteiger partial charge in [-0.1, -0.05) is 38.1 Å². The molecule has 0 aliphatic carbocycles. The van der Waals surface area contributed by atoms with Crippen LogP contribution in [0.25, 0.3) is 0 Å². The van der Waals surface area contributed by atoms with Crippen molar-refractivity contribution in [1.82, 2.24) is 4.90 Å². The second-order valence-electron chi connectivity index (χ2n) is 6.27. The minimum atomic E-state index is -1.02. The average molecular weight is 319 g/mol. The molecule has 23 heavy (non-hydrogen) atoms. The minimum absolute atomic E-state index is 0.0153. The molecule has 1 heterocycles. The maximum absolute atomic E-state index is 12.5. The molecule has 1 aromatic carbocycles. The quantitative estimate of drug-likeness (QED) is 0.905. The average Bonchev–Trinajstić information content (AvgIpc) is 2.54. The van der Waals surface area contributed by atoms with Crippen molar-refractivity contribution in [3.8, 4) is 0 Å². The number of carbonyl (C=O) groups excluding carboxylic acids is 1. The van der Waals surface area contributed by atoms with E-state index in [-0.39, 0.29) is 24.5 Å². The van der Waals surface area contributed by atoms with Crippen LogP contribution in [-0.2, 0) is 20.7 Å². The number of morpholine rings is 1. The van der Waals surface area contributed by atoms with Crippen LogP contribution in [0.5, 0.6) is 0 Å². The lowest BCUT2D eigenvalue weighted by molar-refractivity contribution is -0.166. The molecule has 0 aromatic heterocycles. The Morgan fingerprint density at radius 2 is 1.96 bits per heavy atom. The minimum Gasteiger partial charge on any atom is -0.479 e. The van der Waals surface area contributed by atoms with Crippen molar-refractivity contribution in [2.24, 2.45) is 0 Å². The van der Waals surface area contributed by atoms with E-state index in [9.17, 15) is 9.59 Å². The van der Waals surface area contributed by atoms with Crippen molar-refractivity contribution in [3.63, 3.8) is 0 Å². The van der Waals surface area contributed by atoms with E-state index in [1.165, 1.54) is 5.56 Å². The molecule has 1 aliphatic rings. The third-order valence-corrected chi connectivity index (χ3v) is 4.33. The summed E-state index contributed by atoms with van der Waals surface area (Å²) in [5, 5.41) is 9.10. The molecule has 1 aliphatic heterocycles. The fraction of sp³-hybridized carbons (Fsp3) is 0.556. The van der Waals surface area contributed by atoms with Gasteiger partial charge in [-0.25, -0.2) is 4.79 Å². The zero-order valence-electron chi connectivity index (χ0n) is 14.0. The Bertz CT molecular complexity index is 555. The van der Waals surface area contributed by atoms with Crippen LogP contribution < -0.4 is 0 Å². The summed E-state index contributed by atoms with van der Waals surface area (Å²) in [7, 11) is 0. The molecule has 2 unspecified atom stereocenters. The highest BCUT2D eigenvalue weighted by Crippen LogP contribution is 2.22. The highest BCUT2D eigenvalue weighted by molar-refractivity contribution is 5.79. The molecular weight excluding hydrogens is 294 g/mol. The standard InChI is InChI=1S/C18H25NO4/c1-4-14-5-7-15(8-6-14)12(2)9-17(20)19-10-13(3)23-16(11-19)18(21)22/h5-8,12-13,16H,4,9-11H2,1-3H3,(H,21,22)/t12?,13-,16?/m1/s1. The van der Waals surface area contributed by atoms with E-state index in [2.05, 4.69) is 31.2 Å². The van der Waals surface area contributed by atoms with Gasteiger partial charge in [-0.15, -0.1) is 0 Å². The number of rotatable bonds is 5. The number of carboxylic acids is 1. The zero-order valence-corrected chi connectivity index (χ0v) is 14.0. The molecule has 1 fully saturated rings. The van der Waals surface area contributed by atoms with Gasteiger partial charge < -0.3 is 14.7 Å². The van der Waals surface area contributed by atoms with Crippen molar-refractivity contribution in [2.75, 3.05) is 13.1 Å². The van der Waals surface area contributed by atoms with Crippen molar-refractivity contribution in [2.45, 2.75) is 51.7 Å². The van der Waals surface area contributed by atoms with Crippen LogP contribution in [0.4, 0.5) is 0 Å². The number of aliphatic carboxylic acids is 1. The first-order chi connectivity index (χ1) is 10.9. The monoisotopic (exact) mass is 319 g/mol. The lowest BCUT2D eigenvalue weighted by Crippen LogP contribution is -2.51. The van der Waals surface area contributed by atoms with Gasteiger partial charge in [0.1, 0.15) is 0 Å². The number of nitrogens with zero attached hydrogens (tertiary/aromatic N) is 1. The molecule has 1 aromatic rings. The van der Waals surface area contributed by atoms with E-state index in [1.54, 1.807) is 11.8 Å². The second-order valence-corrected chi connectivity index (χ2v) is 6.27. The molecular formula is C18H25NO4. The van der Waals surface area contributed by atoms with E-state index < -0.39 is 12.1 Å². The summed E-state index contributed by atoms with van der Waals surface area (Å²) in [4.78, 5) is 25.2. The first-order valence-corrected chi connectivity index (χ1v) is 8.15. The topological polar surface area (TPSA) is 66.8 Å². The van der Waals surface area contributed by atoms with Gasteiger partial charge in [0.25, 0.3) is 0 Å². The van der Waals surface area contributed by atoms with Crippen LogP contribution in [0, 0.1) is 0 Å². The normalized spacial score (nSPS) is 22.7. The van der Waals surface area contributed by atoms with Gasteiger partial charge in [0.05, 0.1) is 12.6 Å². The molecule has 0 bridgehead atoms. The summed E-state index contributed by atoms with van der Waals surface area (Å²) in [6.07, 6.45) is 0.190. The molecule has 126 valence electrons. The molecule has 1 saturated heterocycles. The summed E-state index contributed by atoms with van der Waals surface area (Å²) >= 11 is 0. The van der Waals surface area contributed by atoms with Crippen molar-refractivity contribution >= 4 is 11.9 Å². The largest absolute Gasteiger partial charge is 0.479 e. The molecule has 5 heteroatoms. The Balaban J connectivity index is 1.98. The van der Waals surface area contributed by atoms with Crippen LogP contribution >= 0.6 is 0 Å². The highest BCUT2D eigenvalue weighted by Gasteiger charge is 2.32. The van der Waals surface area contributed by atoms with Gasteiger partial charge in [-0.2, -0.15) is 0 Å². The maximum Gasteiger partial charge on any atom is 0.334 e. The van der Waals surface area contributed by atoms with E-state index in [1.807, 2.05) is 6.92 Å². The first kappa shape index (κ1) is 17.5. The molecule has 1 amide bonds. The fourth-order valence-electron chi connectivity index (χ4n) is 2.88. The van der Waals surface area contributed by atoms with Gasteiger partial charge in [0.15, 0.2) is 6.10 Å². The Morgan fingerprint density at radius 1 is 1.30 bits per heavy atom. The van der Waals surface area contributed by atoms with Crippen molar-refractivity contribution in [3.05, 3.63) is 35.4 Å². The lowest BCUT2D eigenvalue weighted by atomic mass is 9.95. The molecule has 3 atom stereocenters. The van der Waals surface area contributed by atoms with Gasteiger partial charge in [0.2, 0.25) is 5.91 Å². The predicted octanol–water partition coefficient (Wildman–Crippen LogP) is 2.44. The predicted molar refractivity (Wildman–Crippen MR) is 87.4 cm³/mol. The van der Waals surface area contributed by atoms with Crippen molar-refractivity contribution < 1.29 is 19.4 Å². The number of benzene rings is 1. The lowest BCUT2D eigenvalue weighted by Gasteiger charge is -2.35. The van der Waals surface area contributed by atoms with E-state index in [4.69, 9.17) is 9.84 Å². The summed E-state index contributed by atoms with van der Waals surface area (Å²) in [5.74, 6) is -0.925. The van der Waals surface area contributed by atoms with E-state index in [0.717, 1.165) is 12.0 Å². The Labute approximate surface area is 137 Å². The zero-order chi connectivity index (χ0) is 17.0. The van der Waals surface area contributed by atoms with Crippen LogP contribution in [0.1, 0.15) is 44.2 Å². The number of carbonyl (C=O) groups is 2. The van der Waals surface area contributed by atoms with Crippen molar-refractivity contribution in [1.29, 1.82) is 0 Å². The Kier molecular flexibility index (Phi) is 5.77. The summed E-state index contributed by atoms with van der Waals surface area (Å²) in [6, 6.07) is 8.32. The molecule has 0 radical (unpaired) electrons. The first-order valence-electron chi connectivity index (χ1n) is 8.15. The summed E-state index contributed by atoms with van der Waals surface area (Å²) in [6.45, 7) is 6.50. The van der Waals surface area contributed by atoms with Crippen LogP contribution in [-0.4, -0.2) is 47.2 Å². The SMILES string of the molecule is CCc1ccc(C(C)CC(=O)N2CC(C(=O)O)O[C@H](C)C2)cc1. The third kappa shape index (κ3) is 4.55. The van der Waals surface area contributed by atoms with Gasteiger partial charge in [-0.3, -0.25) is 4.79 Å². The number of ether oxygens (including phenoxy) is 1. The van der Waals surface area contributed by atoms with Crippen LogP contribution in [0.3, 0.4) is 0 Å². The summed E-state index contributed by atoms with van der Waals surface area (Å²) < 4.78 is 5.35. The maximum atomic E-state index is 12.5. The fourth-order valence-corrected chi connectivity index (χ4v) is 2.88. The smallest absolute Gasteiger partial charge is 0.334 e. The highest BCUT2D eigenvalue weighted by atomic mass is 16.5. The third-order valence-electron chi connectivity index (χ3n) is 4.33. The van der Waals surface area contributed by atoms with Crippen LogP contribution in [0.2, 0.25) is 0 Å². The van der Waals surface area contributed by atoms with Crippen LogP contribution in [0.15, 0.2) is 24.3 Å². The molecule has 0 saturated carbocycles. The Morgan fingerprint density at radius 3 is 2.52 bits per heavy atom. The van der Waals surface area contributed by atoms with E-state index in [0.29, 0.717) is 13.0 Å². The second kappa shape index (κ2) is 7.59. The molecule has 0 spiro atoms. The number of hydrogen-bond donors (Lipinski definition) is 1. The van der Waals surface area contributed by atoms with Gasteiger partial charge in [-0.05, 0) is 30.4 Å². The summed E-state index contributed by atoms with van der Waals surface area (Å²) in [5.41, 5.74) is 2.41. The van der Waals surface area contributed by atoms with Gasteiger partial charge in [0, 0.05) is 13.0 Å². The molecule has 5 nitrogen and oxygen atoms in total.